The molecule has 146 valence electrons. The molecule has 0 aliphatic rings. The molecule has 0 saturated carbocycles. The van der Waals surface area contributed by atoms with Gasteiger partial charge in [0.05, 0.1) is 27.2 Å². The van der Waals surface area contributed by atoms with Crippen molar-refractivity contribution in [2.75, 3.05) is 27.2 Å². The van der Waals surface area contributed by atoms with Crippen LogP contribution < -0.4 is 0 Å². The van der Waals surface area contributed by atoms with Crippen LogP contribution in [0.5, 0.6) is 0 Å². The Labute approximate surface area is 151 Å². The van der Waals surface area contributed by atoms with Crippen molar-refractivity contribution >= 4 is 10.1 Å². The molecule has 0 fully saturated rings. The van der Waals surface area contributed by atoms with E-state index in [4.69, 9.17) is 4.55 Å². The van der Waals surface area contributed by atoms with Crippen LogP contribution in [0.4, 0.5) is 0 Å². The third-order valence-corrected chi connectivity index (χ3v) is 6.04. The quantitative estimate of drug-likeness (QED) is 0.237. The zero-order chi connectivity index (χ0) is 18.5. The van der Waals surface area contributed by atoms with Gasteiger partial charge < -0.3 is 4.48 Å². The van der Waals surface area contributed by atoms with Gasteiger partial charge in [-0.05, 0) is 19.8 Å². The van der Waals surface area contributed by atoms with Crippen LogP contribution in [0, 0.1) is 0 Å². The Balaban J connectivity index is 3.52. The Bertz CT molecular complexity index is 393. The average Bonchev–Trinajstić information content (AvgIpc) is 2.47. The molecule has 0 spiro atoms. The summed E-state index contributed by atoms with van der Waals surface area (Å²) in [6.45, 7) is 5.28. The first kappa shape index (κ1) is 23.9. The lowest BCUT2D eigenvalue weighted by molar-refractivity contribution is -0.890. The molecular weight excluding hydrogens is 322 g/mol. The van der Waals surface area contributed by atoms with Crippen LogP contribution in [0.15, 0.2) is 0 Å². The first-order chi connectivity index (χ1) is 11.2. The van der Waals surface area contributed by atoms with Crippen LogP contribution >= 0.6 is 0 Å². The number of quaternary nitrogens is 1. The van der Waals surface area contributed by atoms with Crippen LogP contribution in [0.3, 0.4) is 0 Å². The van der Waals surface area contributed by atoms with E-state index in [1.165, 1.54) is 70.6 Å². The lowest BCUT2D eigenvalue weighted by Crippen LogP contribution is -2.47. The highest BCUT2D eigenvalue weighted by Crippen LogP contribution is 2.13. The van der Waals surface area contributed by atoms with E-state index >= 15 is 0 Å². The van der Waals surface area contributed by atoms with Gasteiger partial charge in [-0.3, -0.25) is 4.55 Å². The van der Waals surface area contributed by atoms with Crippen molar-refractivity contribution in [2.24, 2.45) is 0 Å². The molecule has 0 aliphatic heterocycles. The number of unbranched alkanes of at least 4 members (excludes halogenated alkanes) is 11. The lowest BCUT2D eigenvalue weighted by Gasteiger charge is -2.31. The van der Waals surface area contributed by atoms with Crippen molar-refractivity contribution in [3.05, 3.63) is 0 Å². The van der Waals surface area contributed by atoms with Crippen LogP contribution in [-0.4, -0.2) is 49.9 Å². The van der Waals surface area contributed by atoms with Gasteiger partial charge in [0.15, 0.2) is 0 Å². The molecule has 0 aromatic rings. The molecule has 4 nitrogen and oxygen atoms in total. The minimum atomic E-state index is -3.91. The zero-order valence-corrected chi connectivity index (χ0v) is 17.4. The Morgan fingerprint density at radius 3 is 1.54 bits per heavy atom. The largest absolute Gasteiger partial charge is 0.327 e. The van der Waals surface area contributed by atoms with Crippen LogP contribution in [0.1, 0.15) is 90.9 Å². The van der Waals surface area contributed by atoms with Gasteiger partial charge in [0, 0.05) is 0 Å². The van der Waals surface area contributed by atoms with E-state index in [1.807, 2.05) is 14.1 Å². The molecule has 0 bridgehead atoms. The Morgan fingerprint density at radius 2 is 1.17 bits per heavy atom. The topological polar surface area (TPSA) is 54.4 Å². The molecule has 0 saturated heterocycles. The summed E-state index contributed by atoms with van der Waals surface area (Å²) in [5.74, 6) is 0. The summed E-state index contributed by atoms with van der Waals surface area (Å²) in [6.07, 6.45) is 16.0. The van der Waals surface area contributed by atoms with Gasteiger partial charge in [-0.15, -0.1) is 0 Å². The summed E-state index contributed by atoms with van der Waals surface area (Å²) in [5.41, 5.74) is 0. The van der Waals surface area contributed by atoms with Crippen molar-refractivity contribution in [3.63, 3.8) is 0 Å². The molecule has 0 aliphatic carbocycles. The van der Waals surface area contributed by atoms with E-state index in [1.54, 1.807) is 6.92 Å². The van der Waals surface area contributed by atoms with Gasteiger partial charge in [0.25, 0.3) is 10.1 Å². The van der Waals surface area contributed by atoms with Gasteiger partial charge in [0.1, 0.15) is 5.25 Å². The van der Waals surface area contributed by atoms with Gasteiger partial charge in [0.2, 0.25) is 0 Å². The molecule has 1 unspecified atom stereocenters. The fraction of sp³-hybridized carbons (Fsp3) is 1.00. The highest BCUT2D eigenvalue weighted by atomic mass is 32.2. The average molecular weight is 365 g/mol. The van der Waals surface area contributed by atoms with Crippen molar-refractivity contribution < 1.29 is 17.5 Å². The molecule has 0 radical (unpaired) electrons. The lowest BCUT2D eigenvalue weighted by atomic mass is 10.1. The van der Waals surface area contributed by atoms with Crippen LogP contribution in [-0.2, 0) is 10.1 Å². The maximum Gasteiger partial charge on any atom is 0.273 e. The highest BCUT2D eigenvalue weighted by Gasteiger charge is 2.26. The van der Waals surface area contributed by atoms with Crippen LogP contribution in [0.2, 0.25) is 0 Å². The number of nitrogens with zero attached hydrogens (tertiary/aromatic N) is 1. The predicted molar refractivity (Wildman–Crippen MR) is 104 cm³/mol. The molecule has 0 rings (SSSR count). The third-order valence-electron chi connectivity index (χ3n) is 4.88. The summed E-state index contributed by atoms with van der Waals surface area (Å²) >= 11 is 0. The first-order valence-corrected chi connectivity index (χ1v) is 11.5. The van der Waals surface area contributed by atoms with Crippen molar-refractivity contribution in [1.82, 2.24) is 0 Å². The molecule has 1 N–H and O–H groups in total. The fourth-order valence-electron chi connectivity index (χ4n) is 3.26. The molecule has 24 heavy (non-hydrogen) atoms. The van der Waals surface area contributed by atoms with Crippen molar-refractivity contribution in [1.29, 1.82) is 0 Å². The molecule has 0 aromatic carbocycles. The zero-order valence-electron chi connectivity index (χ0n) is 16.6. The van der Waals surface area contributed by atoms with E-state index in [-0.39, 0.29) is 0 Å². The molecule has 0 amide bonds. The predicted octanol–water partition coefficient (Wildman–Crippen LogP) is 5.04. The minimum Gasteiger partial charge on any atom is -0.327 e. The van der Waals surface area contributed by atoms with Gasteiger partial charge in [-0.1, -0.05) is 71.1 Å². The maximum absolute atomic E-state index is 11.1. The summed E-state index contributed by atoms with van der Waals surface area (Å²) < 4.78 is 32.0. The summed E-state index contributed by atoms with van der Waals surface area (Å²) in [5, 5.41) is -0.690. The molecule has 0 aromatic heterocycles. The monoisotopic (exact) mass is 364 g/mol. The number of rotatable bonds is 16. The normalized spacial score (nSPS) is 14.0. The Kier molecular flexibility index (Phi) is 13.1. The summed E-state index contributed by atoms with van der Waals surface area (Å²) in [7, 11) is 0.176. The number of hydrogen-bond acceptors (Lipinski definition) is 2. The Hall–Kier alpha value is -0.130. The summed E-state index contributed by atoms with van der Waals surface area (Å²) in [6, 6.07) is 0. The summed E-state index contributed by atoms with van der Waals surface area (Å²) in [4.78, 5) is 0. The van der Waals surface area contributed by atoms with E-state index in [9.17, 15) is 8.42 Å². The third kappa shape index (κ3) is 14.2. The second-order valence-electron chi connectivity index (χ2n) is 8.06. The molecular formula is C19H42NO3S+. The van der Waals surface area contributed by atoms with Crippen molar-refractivity contribution in [3.8, 4) is 0 Å². The van der Waals surface area contributed by atoms with E-state index in [0.29, 0.717) is 11.0 Å². The SMILES string of the molecule is CCCCCCCCCCCCCC[N+](C)(C)CC(C)S(=O)(=O)O. The molecule has 5 heteroatoms. The molecule has 0 heterocycles. The van der Waals surface area contributed by atoms with Gasteiger partial charge in [-0.2, -0.15) is 8.42 Å². The van der Waals surface area contributed by atoms with Gasteiger partial charge in [-0.25, -0.2) is 0 Å². The van der Waals surface area contributed by atoms with E-state index < -0.39 is 15.4 Å². The first-order valence-electron chi connectivity index (χ1n) is 9.97. The highest BCUT2D eigenvalue weighted by molar-refractivity contribution is 7.86. The Morgan fingerprint density at radius 1 is 0.792 bits per heavy atom. The minimum absolute atomic E-state index is 0.469. The van der Waals surface area contributed by atoms with Crippen LogP contribution in [0.25, 0.3) is 0 Å². The second kappa shape index (κ2) is 13.1. The fourth-order valence-corrected chi connectivity index (χ4v) is 3.85. The van der Waals surface area contributed by atoms with Gasteiger partial charge >= 0.3 is 0 Å². The molecule has 1 atom stereocenters. The van der Waals surface area contributed by atoms with E-state index in [2.05, 4.69) is 6.92 Å². The standard InChI is InChI=1S/C19H41NO3S/c1-5-6-7-8-9-10-11-12-13-14-15-16-17-20(3,4)18-19(2)24(21,22)23/h19H,5-18H2,1-4H3/p+1. The number of hydrogen-bond donors (Lipinski definition) is 1. The smallest absolute Gasteiger partial charge is 0.273 e. The van der Waals surface area contributed by atoms with E-state index in [0.717, 1.165) is 13.0 Å². The maximum atomic E-state index is 11.1. The second-order valence-corrected chi connectivity index (χ2v) is 9.89. The van der Waals surface area contributed by atoms with Crippen molar-refractivity contribution in [2.45, 2.75) is 96.1 Å².